The summed E-state index contributed by atoms with van der Waals surface area (Å²) in [7, 11) is 3.38. The van der Waals surface area contributed by atoms with Crippen molar-refractivity contribution in [1.82, 2.24) is 18.7 Å². The third-order valence-electron chi connectivity index (χ3n) is 5.26. The molecule has 0 saturated carbocycles. The Hall–Kier alpha value is -2.90. The molecule has 0 N–H and O–H groups in total. The number of hydrogen-bond acceptors (Lipinski definition) is 4. The first-order valence-corrected chi connectivity index (χ1v) is 9.13. The maximum atomic E-state index is 14.0. The van der Waals surface area contributed by atoms with Crippen molar-refractivity contribution in [2.24, 2.45) is 14.1 Å². The van der Waals surface area contributed by atoms with Gasteiger partial charge in [0.25, 0.3) is 5.56 Å². The lowest BCUT2D eigenvalue weighted by Gasteiger charge is -2.27. The van der Waals surface area contributed by atoms with Gasteiger partial charge in [-0.3, -0.25) is 13.9 Å². The summed E-state index contributed by atoms with van der Waals surface area (Å²) in [4.78, 5) is 32.6. The van der Waals surface area contributed by atoms with Crippen molar-refractivity contribution >= 4 is 17.1 Å². The number of imidazole rings is 1. The fraction of sp³-hybridized carbons (Fsp3) is 0.421. The molecule has 1 aliphatic heterocycles. The number of halogens is 1. The fourth-order valence-corrected chi connectivity index (χ4v) is 3.75. The van der Waals surface area contributed by atoms with Gasteiger partial charge in [0.05, 0.1) is 6.54 Å². The molecular formula is C19H22FN5O2. The topological polar surface area (TPSA) is 65.1 Å². The summed E-state index contributed by atoms with van der Waals surface area (Å²) < 4.78 is 18.2. The lowest BCUT2D eigenvalue weighted by Crippen LogP contribution is -2.40. The van der Waals surface area contributed by atoms with Crippen molar-refractivity contribution in [2.45, 2.75) is 25.8 Å². The molecule has 1 aliphatic rings. The smallest absolute Gasteiger partial charge is 0.332 e. The fourth-order valence-electron chi connectivity index (χ4n) is 3.75. The molecule has 4 rings (SSSR count). The van der Waals surface area contributed by atoms with Crippen LogP contribution >= 0.6 is 0 Å². The molecule has 0 aliphatic carbocycles. The van der Waals surface area contributed by atoms with Crippen molar-refractivity contribution in [2.75, 3.05) is 18.0 Å². The molecule has 2 aromatic heterocycles. The molecule has 1 fully saturated rings. The summed E-state index contributed by atoms with van der Waals surface area (Å²) in [5.74, 6) is 0.256. The quantitative estimate of drug-likeness (QED) is 0.702. The Morgan fingerprint density at radius 3 is 2.44 bits per heavy atom. The number of piperidine rings is 1. The van der Waals surface area contributed by atoms with Crippen molar-refractivity contribution in [3.63, 3.8) is 0 Å². The summed E-state index contributed by atoms with van der Waals surface area (Å²) in [5.41, 5.74) is 0.0648. The van der Waals surface area contributed by atoms with Crippen molar-refractivity contribution < 1.29 is 4.39 Å². The molecule has 3 heterocycles. The highest BCUT2D eigenvalue weighted by Gasteiger charge is 2.23. The van der Waals surface area contributed by atoms with Gasteiger partial charge in [0.15, 0.2) is 11.2 Å². The van der Waals surface area contributed by atoms with Gasteiger partial charge in [-0.2, -0.15) is 4.98 Å². The number of rotatable bonds is 3. The Bertz CT molecular complexity index is 1120. The molecule has 142 valence electrons. The minimum atomic E-state index is -0.501. The van der Waals surface area contributed by atoms with Crippen LogP contribution in [0.4, 0.5) is 10.3 Å². The predicted octanol–water partition coefficient (Wildman–Crippen LogP) is 1.61. The summed E-state index contributed by atoms with van der Waals surface area (Å²) in [6, 6.07) is 6.16. The Balaban J connectivity index is 1.89. The summed E-state index contributed by atoms with van der Waals surface area (Å²) >= 11 is 0. The molecule has 0 radical (unpaired) electrons. The van der Waals surface area contributed by atoms with Gasteiger partial charge in [0.2, 0.25) is 5.95 Å². The van der Waals surface area contributed by atoms with E-state index in [1.807, 2.05) is 0 Å². The lowest BCUT2D eigenvalue weighted by molar-refractivity contribution is 0.563. The molecule has 27 heavy (non-hydrogen) atoms. The zero-order chi connectivity index (χ0) is 19.1. The number of aryl methyl sites for hydroxylation is 2. The molecule has 0 spiro atoms. The van der Waals surface area contributed by atoms with Crippen LogP contribution in [0.2, 0.25) is 0 Å². The van der Waals surface area contributed by atoms with Crippen LogP contribution in [-0.2, 0) is 20.6 Å². The third kappa shape index (κ3) is 2.85. The van der Waals surface area contributed by atoms with E-state index in [-0.39, 0.29) is 6.54 Å². The largest absolute Gasteiger partial charge is 0.342 e. The average Bonchev–Trinajstić information content (AvgIpc) is 3.03. The van der Waals surface area contributed by atoms with Gasteiger partial charge < -0.3 is 9.47 Å². The average molecular weight is 371 g/mol. The minimum Gasteiger partial charge on any atom is -0.342 e. The molecule has 0 bridgehead atoms. The van der Waals surface area contributed by atoms with Crippen LogP contribution in [0.15, 0.2) is 33.9 Å². The number of benzene rings is 1. The van der Waals surface area contributed by atoms with E-state index in [1.165, 1.54) is 17.1 Å². The van der Waals surface area contributed by atoms with Gasteiger partial charge in [-0.15, -0.1) is 0 Å². The summed E-state index contributed by atoms with van der Waals surface area (Å²) in [5, 5.41) is 0. The van der Waals surface area contributed by atoms with Crippen LogP contribution in [0.3, 0.4) is 0 Å². The van der Waals surface area contributed by atoms with E-state index in [0.29, 0.717) is 22.7 Å². The summed E-state index contributed by atoms with van der Waals surface area (Å²) in [6.07, 6.45) is 3.35. The van der Waals surface area contributed by atoms with E-state index >= 15 is 0 Å². The van der Waals surface area contributed by atoms with Crippen LogP contribution in [0.1, 0.15) is 24.8 Å². The van der Waals surface area contributed by atoms with Crippen LogP contribution < -0.4 is 16.1 Å². The number of aromatic nitrogens is 4. The first kappa shape index (κ1) is 17.5. The second-order valence-corrected chi connectivity index (χ2v) is 7.02. The van der Waals surface area contributed by atoms with Gasteiger partial charge in [-0.05, 0) is 25.3 Å². The molecule has 3 aromatic rings. The van der Waals surface area contributed by atoms with Gasteiger partial charge in [-0.25, -0.2) is 9.18 Å². The van der Waals surface area contributed by atoms with Gasteiger partial charge in [-0.1, -0.05) is 18.2 Å². The standard InChI is InChI=1S/C19H22FN5O2/c1-22-15-16(21-18(22)24-10-6-3-7-11-24)23(2)19(27)25(17(15)26)12-13-8-4-5-9-14(13)20/h4-5,8-9H,3,6-7,10-12H2,1-2H3. The molecule has 8 heteroatoms. The van der Waals surface area contributed by atoms with Crippen molar-refractivity contribution in [3.05, 3.63) is 56.5 Å². The van der Waals surface area contributed by atoms with E-state index in [1.54, 1.807) is 36.9 Å². The molecular weight excluding hydrogens is 349 g/mol. The normalized spacial score (nSPS) is 14.9. The molecule has 0 unspecified atom stereocenters. The summed E-state index contributed by atoms with van der Waals surface area (Å²) in [6.45, 7) is 1.65. The van der Waals surface area contributed by atoms with E-state index in [0.717, 1.165) is 30.5 Å². The molecule has 1 saturated heterocycles. The number of nitrogens with zero attached hydrogens (tertiary/aromatic N) is 5. The van der Waals surface area contributed by atoms with Crippen LogP contribution in [-0.4, -0.2) is 31.8 Å². The van der Waals surface area contributed by atoms with E-state index < -0.39 is 17.1 Å². The molecule has 1 aromatic carbocycles. The van der Waals surface area contributed by atoms with E-state index in [9.17, 15) is 14.0 Å². The highest BCUT2D eigenvalue weighted by Crippen LogP contribution is 2.21. The highest BCUT2D eigenvalue weighted by atomic mass is 19.1. The molecule has 7 nitrogen and oxygen atoms in total. The Labute approximate surface area is 155 Å². The minimum absolute atomic E-state index is 0.113. The maximum absolute atomic E-state index is 14.0. The van der Waals surface area contributed by atoms with Gasteiger partial charge >= 0.3 is 5.69 Å². The zero-order valence-electron chi connectivity index (χ0n) is 15.5. The first-order valence-electron chi connectivity index (χ1n) is 9.13. The van der Waals surface area contributed by atoms with Crippen molar-refractivity contribution in [3.8, 4) is 0 Å². The van der Waals surface area contributed by atoms with E-state index in [4.69, 9.17) is 0 Å². The Morgan fingerprint density at radius 1 is 1.04 bits per heavy atom. The molecule has 0 atom stereocenters. The van der Waals surface area contributed by atoms with E-state index in [2.05, 4.69) is 9.88 Å². The molecule has 0 amide bonds. The number of anilines is 1. The SMILES string of the molecule is Cn1c(N2CCCCC2)nc2c1c(=O)n(Cc1ccccc1F)c(=O)n2C. The lowest BCUT2D eigenvalue weighted by atomic mass is 10.1. The van der Waals surface area contributed by atoms with Gasteiger partial charge in [0, 0.05) is 32.7 Å². The van der Waals surface area contributed by atoms with Gasteiger partial charge in [0.1, 0.15) is 5.82 Å². The van der Waals surface area contributed by atoms with Crippen LogP contribution in [0.25, 0.3) is 11.2 Å². The second kappa shape index (κ2) is 6.68. The Morgan fingerprint density at radius 2 is 1.74 bits per heavy atom. The second-order valence-electron chi connectivity index (χ2n) is 7.02. The number of hydrogen-bond donors (Lipinski definition) is 0. The van der Waals surface area contributed by atoms with Crippen LogP contribution in [0, 0.1) is 5.82 Å². The zero-order valence-corrected chi connectivity index (χ0v) is 15.5. The first-order chi connectivity index (χ1) is 13.0. The monoisotopic (exact) mass is 371 g/mol. The number of fused-ring (bicyclic) bond motifs is 1. The highest BCUT2D eigenvalue weighted by molar-refractivity contribution is 5.74. The van der Waals surface area contributed by atoms with Crippen LogP contribution in [0.5, 0.6) is 0 Å². The maximum Gasteiger partial charge on any atom is 0.332 e. The van der Waals surface area contributed by atoms with Crippen molar-refractivity contribution in [1.29, 1.82) is 0 Å². The Kier molecular flexibility index (Phi) is 4.33. The third-order valence-corrected chi connectivity index (χ3v) is 5.26. The predicted molar refractivity (Wildman–Crippen MR) is 102 cm³/mol.